The van der Waals surface area contributed by atoms with Crippen molar-refractivity contribution in [1.29, 1.82) is 0 Å². The molecule has 2 amide bonds. The van der Waals surface area contributed by atoms with Crippen molar-refractivity contribution in [3.8, 4) is 5.75 Å². The zero-order chi connectivity index (χ0) is 37.2. The first-order valence-electron chi connectivity index (χ1n) is 17.3. The molecule has 0 saturated carbocycles. The van der Waals surface area contributed by atoms with E-state index in [2.05, 4.69) is 0 Å². The Balaban J connectivity index is 0.00000541. The maximum absolute atomic E-state index is 15.0. The number of carbonyl (C=O) groups is 1. The number of hydrogen-bond acceptors (Lipinski definition) is 8. The average Bonchev–Trinajstić information content (AvgIpc) is 3.52. The second-order valence-corrected chi connectivity index (χ2v) is 18.7. The molecule has 2 atom stereocenters. The number of benzene rings is 3. The first kappa shape index (κ1) is 41.5. The van der Waals surface area contributed by atoms with Crippen LogP contribution in [0.25, 0.3) is 0 Å². The van der Waals surface area contributed by atoms with Crippen molar-refractivity contribution in [2.75, 3.05) is 64.4 Å². The van der Waals surface area contributed by atoms with Gasteiger partial charge in [-0.2, -0.15) is 4.31 Å². The van der Waals surface area contributed by atoms with E-state index in [1.807, 2.05) is 36.1 Å². The van der Waals surface area contributed by atoms with E-state index in [9.17, 15) is 21.6 Å². The highest BCUT2D eigenvalue weighted by molar-refractivity contribution is 7.90. The molecule has 0 radical (unpaired) electrons. The van der Waals surface area contributed by atoms with E-state index in [0.717, 1.165) is 30.4 Å². The van der Waals surface area contributed by atoms with Gasteiger partial charge in [0.2, 0.25) is 10.0 Å². The van der Waals surface area contributed by atoms with Crippen LogP contribution in [0, 0.1) is 0 Å². The van der Waals surface area contributed by atoms with Gasteiger partial charge in [-0.05, 0) is 61.2 Å². The third-order valence-electron chi connectivity index (χ3n) is 9.62. The van der Waals surface area contributed by atoms with Gasteiger partial charge in [0.05, 0.1) is 29.0 Å². The highest BCUT2D eigenvalue weighted by Gasteiger charge is 2.45. The van der Waals surface area contributed by atoms with Crippen LogP contribution >= 0.6 is 47.2 Å². The lowest BCUT2D eigenvalue weighted by Crippen LogP contribution is -2.54. The van der Waals surface area contributed by atoms with Gasteiger partial charge >= 0.3 is 6.03 Å². The summed E-state index contributed by atoms with van der Waals surface area (Å²) in [6, 6.07) is 15.8. The molecule has 53 heavy (non-hydrogen) atoms. The van der Waals surface area contributed by atoms with Gasteiger partial charge in [-0.15, -0.1) is 12.4 Å². The predicted octanol–water partition coefficient (Wildman–Crippen LogP) is 6.97. The Hall–Kier alpha value is -2.62. The Bertz CT molecular complexity index is 2020. The van der Waals surface area contributed by atoms with Gasteiger partial charge in [0.15, 0.2) is 0 Å². The summed E-state index contributed by atoms with van der Waals surface area (Å²) in [6.45, 7) is 4.87. The number of amidine groups is 1. The molecule has 0 spiro atoms. The normalized spacial score (nSPS) is 20.2. The van der Waals surface area contributed by atoms with Crippen molar-refractivity contribution in [2.24, 2.45) is 4.99 Å². The van der Waals surface area contributed by atoms with Crippen LogP contribution in [0.2, 0.25) is 15.1 Å². The van der Waals surface area contributed by atoms with E-state index in [0.29, 0.717) is 67.2 Å². The molecule has 3 aromatic rings. The number of rotatable bonds is 10. The van der Waals surface area contributed by atoms with Crippen molar-refractivity contribution >= 4 is 78.9 Å². The summed E-state index contributed by atoms with van der Waals surface area (Å²) in [6.07, 6.45) is 3.67. The smallest absolute Gasteiger partial charge is 0.326 e. The molecule has 288 valence electrons. The van der Waals surface area contributed by atoms with Crippen LogP contribution in [-0.2, 0) is 19.9 Å². The summed E-state index contributed by atoms with van der Waals surface area (Å²) in [7, 11) is -7.14. The van der Waals surface area contributed by atoms with Gasteiger partial charge in [-0.3, -0.25) is 14.8 Å². The largest absolute Gasteiger partial charge is 0.493 e. The molecule has 3 aliphatic rings. The number of ether oxygens (including phenoxy) is 1. The van der Waals surface area contributed by atoms with Gasteiger partial charge in [-0.25, -0.2) is 21.6 Å². The fourth-order valence-corrected chi connectivity index (χ4v) is 9.77. The number of carbonyl (C=O) groups excluding carboxylic acids is 1. The quantitative estimate of drug-likeness (QED) is 0.216. The van der Waals surface area contributed by atoms with E-state index in [-0.39, 0.29) is 46.6 Å². The number of urea groups is 1. The zero-order valence-electron chi connectivity index (χ0n) is 29.5. The molecule has 3 heterocycles. The highest BCUT2D eigenvalue weighted by Crippen LogP contribution is 2.46. The second-order valence-electron chi connectivity index (χ2n) is 13.2. The molecule has 2 fully saturated rings. The minimum Gasteiger partial charge on any atom is -0.493 e. The lowest BCUT2D eigenvalue weighted by molar-refractivity contribution is 0.122. The Kier molecular flexibility index (Phi) is 13.7. The second kappa shape index (κ2) is 17.5. The van der Waals surface area contributed by atoms with Crippen LogP contribution in [0.5, 0.6) is 5.75 Å². The maximum Gasteiger partial charge on any atom is 0.326 e. The van der Waals surface area contributed by atoms with Crippen molar-refractivity contribution in [3.05, 3.63) is 92.4 Å². The lowest BCUT2D eigenvalue weighted by Gasteiger charge is -2.39. The molecule has 3 aliphatic heterocycles. The molecule has 17 heteroatoms. The van der Waals surface area contributed by atoms with Gasteiger partial charge < -0.3 is 9.64 Å². The summed E-state index contributed by atoms with van der Waals surface area (Å²) in [4.78, 5) is 25.5. The zero-order valence-corrected chi connectivity index (χ0v) is 34.2. The van der Waals surface area contributed by atoms with E-state index >= 15 is 0 Å². The fraction of sp³-hybridized carbons (Fsp3) is 0.444. The highest BCUT2D eigenvalue weighted by atomic mass is 35.5. The summed E-state index contributed by atoms with van der Waals surface area (Å²) in [5, 5.41) is 1.08. The van der Waals surface area contributed by atoms with Crippen LogP contribution in [0.1, 0.15) is 55.0 Å². The number of sulfonamides is 1. The summed E-state index contributed by atoms with van der Waals surface area (Å²) in [5.74, 6) is 0.559. The molecular formula is C36H43Cl4N5O6S2. The molecule has 11 nitrogen and oxygen atoms in total. The minimum absolute atomic E-state index is 0. The lowest BCUT2D eigenvalue weighted by atomic mass is 9.93. The Morgan fingerprint density at radius 3 is 1.98 bits per heavy atom. The molecule has 0 aliphatic carbocycles. The standard InChI is InChI=1S/C36H42Cl3N5O6S2.ClH/c1-3-50-31-24-30(39)32(52(48,49)43-15-5-4-6-16-43)23-29(31)35-40-33(25-7-11-27(37)12-8-25)34(26-9-13-28(38)14-10-26)44(35)36(45)42-19-17-41(18-20-42)21-22-51(2,46)47;/h7-14,23-24,33-34H,3-6,15-22H2,1-2H3;1H/t33-,34+;/m0./s1. The van der Waals surface area contributed by atoms with Gasteiger partial charge in [-0.1, -0.05) is 65.5 Å². The Morgan fingerprint density at radius 2 is 1.42 bits per heavy atom. The van der Waals surface area contributed by atoms with Crippen LogP contribution in [0.3, 0.4) is 0 Å². The topological polar surface area (TPSA) is 120 Å². The fourth-order valence-electron chi connectivity index (χ4n) is 6.89. The third kappa shape index (κ3) is 9.44. The Morgan fingerprint density at radius 1 is 0.830 bits per heavy atom. The Labute approximate surface area is 333 Å². The summed E-state index contributed by atoms with van der Waals surface area (Å²) < 4.78 is 59.4. The molecule has 0 aromatic heterocycles. The van der Waals surface area contributed by atoms with E-state index in [4.69, 9.17) is 44.5 Å². The number of piperazine rings is 1. The number of halogens is 4. The van der Waals surface area contributed by atoms with Gasteiger partial charge in [0, 0.05) is 68.2 Å². The van der Waals surface area contributed by atoms with E-state index < -0.39 is 31.9 Å². The monoisotopic (exact) mass is 845 g/mol. The third-order valence-corrected chi connectivity index (χ3v) is 13.4. The molecule has 2 saturated heterocycles. The molecule has 3 aromatic carbocycles. The average molecular weight is 848 g/mol. The van der Waals surface area contributed by atoms with Crippen LogP contribution in [0.15, 0.2) is 70.6 Å². The first-order chi connectivity index (χ1) is 24.8. The van der Waals surface area contributed by atoms with Crippen LogP contribution in [0.4, 0.5) is 4.79 Å². The van der Waals surface area contributed by atoms with E-state index in [1.165, 1.54) is 22.7 Å². The number of sulfone groups is 1. The molecule has 0 unspecified atom stereocenters. The van der Waals surface area contributed by atoms with Crippen LogP contribution < -0.4 is 4.74 Å². The van der Waals surface area contributed by atoms with Crippen molar-refractivity contribution in [1.82, 2.24) is 19.0 Å². The SMILES string of the molecule is CCOc1cc(Cl)c(S(=O)(=O)N2CCCCC2)cc1C1=N[C@@H](c2ccc(Cl)cc2)[C@@H](c2ccc(Cl)cc2)N1C(=O)N1CCN(CCS(C)(=O)=O)CC1.Cl. The summed E-state index contributed by atoms with van der Waals surface area (Å²) in [5.41, 5.74) is 1.87. The number of hydrogen-bond donors (Lipinski definition) is 0. The first-order valence-corrected chi connectivity index (χ1v) is 21.9. The minimum atomic E-state index is -4.00. The predicted molar refractivity (Wildman–Crippen MR) is 212 cm³/mol. The van der Waals surface area contributed by atoms with Crippen molar-refractivity contribution in [3.63, 3.8) is 0 Å². The van der Waals surface area contributed by atoms with Gasteiger partial charge in [0.25, 0.3) is 0 Å². The number of amides is 2. The van der Waals surface area contributed by atoms with E-state index in [1.54, 1.807) is 34.1 Å². The van der Waals surface area contributed by atoms with Crippen LogP contribution in [-0.4, -0.2) is 112 Å². The molecular weight excluding hydrogens is 804 g/mol. The molecule has 0 bridgehead atoms. The summed E-state index contributed by atoms with van der Waals surface area (Å²) >= 11 is 19.4. The molecule has 0 N–H and O–H groups in total. The number of aliphatic imine (C=N–C) groups is 1. The molecule has 6 rings (SSSR count). The van der Waals surface area contributed by atoms with Gasteiger partial charge in [0.1, 0.15) is 32.4 Å². The number of nitrogens with zero attached hydrogens (tertiary/aromatic N) is 5. The number of piperidine rings is 1. The maximum atomic E-state index is 15.0. The van der Waals surface area contributed by atoms with Crippen molar-refractivity contribution in [2.45, 2.75) is 43.2 Å². The van der Waals surface area contributed by atoms with Crippen molar-refractivity contribution < 1.29 is 26.4 Å².